The predicted molar refractivity (Wildman–Crippen MR) is 80.4 cm³/mol. The van der Waals surface area contributed by atoms with Crippen LogP contribution in [0.5, 0.6) is 0 Å². The normalized spacial score (nSPS) is 14.5. The van der Waals surface area contributed by atoms with Crippen LogP contribution in [0.2, 0.25) is 0 Å². The summed E-state index contributed by atoms with van der Waals surface area (Å²) in [6.07, 6.45) is -9.46. The van der Waals surface area contributed by atoms with Crippen LogP contribution in [-0.2, 0) is 11.8 Å². The van der Waals surface area contributed by atoms with Gasteiger partial charge in [0.1, 0.15) is 0 Å². The molecule has 2 rings (SSSR count). The molecule has 1 amide bonds. The maximum Gasteiger partial charge on any atom is 0.451 e. The Hall–Kier alpha value is -2.69. The Kier molecular flexibility index (Phi) is 5.73. The van der Waals surface area contributed by atoms with Crippen molar-refractivity contribution in [1.82, 2.24) is 15.3 Å². The molecule has 0 saturated heterocycles. The van der Waals surface area contributed by atoms with E-state index in [4.69, 9.17) is 0 Å². The molecular formula is C16H13F6N3O2. The second kappa shape index (κ2) is 7.51. The van der Waals surface area contributed by atoms with Crippen LogP contribution < -0.4 is 5.32 Å². The van der Waals surface area contributed by atoms with Crippen LogP contribution in [0.1, 0.15) is 28.2 Å². The second-order valence-electron chi connectivity index (χ2n) is 5.52. The van der Waals surface area contributed by atoms with Crippen molar-refractivity contribution in [2.24, 2.45) is 0 Å². The summed E-state index contributed by atoms with van der Waals surface area (Å²) in [6.45, 7) is -0.593. The van der Waals surface area contributed by atoms with Gasteiger partial charge in [0, 0.05) is 25.4 Å². The number of carbonyl (C=O) groups excluding carboxylic acids is 1. The molecule has 146 valence electrons. The summed E-state index contributed by atoms with van der Waals surface area (Å²) in [5.41, 5.74) is -3.96. The van der Waals surface area contributed by atoms with Crippen LogP contribution >= 0.6 is 0 Å². The lowest BCUT2D eigenvalue weighted by Crippen LogP contribution is -2.45. The second-order valence-corrected chi connectivity index (χ2v) is 5.52. The van der Waals surface area contributed by atoms with E-state index >= 15 is 0 Å². The van der Waals surface area contributed by atoms with Gasteiger partial charge in [-0.05, 0) is 5.56 Å². The first kappa shape index (κ1) is 20.6. The SMILES string of the molecule is O=C(NCC[C@](O)(c1ccccc1)C(F)(F)F)c1cnc(C(F)(F)F)nc1. The molecule has 0 unspecified atom stereocenters. The van der Waals surface area contributed by atoms with Gasteiger partial charge in [-0.25, -0.2) is 9.97 Å². The molecule has 2 N–H and O–H groups in total. The van der Waals surface area contributed by atoms with E-state index < -0.39 is 48.2 Å². The van der Waals surface area contributed by atoms with Gasteiger partial charge in [0.15, 0.2) is 5.60 Å². The summed E-state index contributed by atoms with van der Waals surface area (Å²) in [5.74, 6) is -2.42. The fraction of sp³-hybridized carbons (Fsp3) is 0.312. The van der Waals surface area contributed by atoms with Gasteiger partial charge in [0.2, 0.25) is 5.82 Å². The highest BCUT2D eigenvalue weighted by Gasteiger charge is 2.54. The molecule has 0 aliphatic carbocycles. The van der Waals surface area contributed by atoms with E-state index in [0.717, 1.165) is 12.1 Å². The fourth-order valence-corrected chi connectivity index (χ4v) is 2.21. The quantitative estimate of drug-likeness (QED) is 0.766. The van der Waals surface area contributed by atoms with Gasteiger partial charge in [-0.15, -0.1) is 0 Å². The number of nitrogens with one attached hydrogen (secondary N) is 1. The minimum Gasteiger partial charge on any atom is -0.376 e. The van der Waals surface area contributed by atoms with Gasteiger partial charge < -0.3 is 10.4 Å². The third-order valence-electron chi connectivity index (χ3n) is 3.66. The zero-order valence-electron chi connectivity index (χ0n) is 13.5. The van der Waals surface area contributed by atoms with Crippen molar-refractivity contribution in [3.05, 3.63) is 59.7 Å². The summed E-state index contributed by atoms with van der Waals surface area (Å²) in [6, 6.07) is 6.32. The van der Waals surface area contributed by atoms with Crippen molar-refractivity contribution in [1.29, 1.82) is 0 Å². The highest BCUT2D eigenvalue weighted by atomic mass is 19.4. The number of aromatic nitrogens is 2. The zero-order valence-corrected chi connectivity index (χ0v) is 13.5. The van der Waals surface area contributed by atoms with Crippen LogP contribution in [0.15, 0.2) is 42.7 Å². The number of alkyl halides is 6. The molecule has 0 saturated carbocycles. The van der Waals surface area contributed by atoms with Crippen molar-refractivity contribution in [3.8, 4) is 0 Å². The molecule has 0 aliphatic heterocycles. The molecule has 0 fully saturated rings. The Balaban J connectivity index is 2.06. The molecule has 0 radical (unpaired) electrons. The smallest absolute Gasteiger partial charge is 0.376 e. The number of amides is 1. The lowest BCUT2D eigenvalue weighted by molar-refractivity contribution is -0.268. The standard InChI is InChI=1S/C16H13F6N3O2/c17-15(18,19)13-24-8-10(9-25-13)12(26)23-7-6-14(27,16(20,21)22)11-4-2-1-3-5-11/h1-5,8-9,27H,6-7H2,(H,23,26)/t14-/m0/s1. The third kappa shape index (κ3) is 4.73. The summed E-state index contributed by atoms with van der Waals surface area (Å²) < 4.78 is 77.0. The zero-order chi connectivity index (χ0) is 20.3. The fourth-order valence-electron chi connectivity index (χ4n) is 2.21. The van der Waals surface area contributed by atoms with Crippen LogP contribution in [0.3, 0.4) is 0 Å². The highest BCUT2D eigenvalue weighted by molar-refractivity contribution is 5.93. The molecule has 0 aliphatic rings. The largest absolute Gasteiger partial charge is 0.451 e. The van der Waals surface area contributed by atoms with Gasteiger partial charge in [-0.3, -0.25) is 4.79 Å². The lowest BCUT2D eigenvalue weighted by Gasteiger charge is -2.31. The monoisotopic (exact) mass is 393 g/mol. The van der Waals surface area contributed by atoms with Crippen molar-refractivity contribution in [2.45, 2.75) is 24.4 Å². The number of hydrogen-bond donors (Lipinski definition) is 2. The van der Waals surface area contributed by atoms with Crippen LogP contribution in [-0.4, -0.2) is 33.7 Å². The Morgan fingerprint density at radius 2 is 1.56 bits per heavy atom. The first-order valence-electron chi connectivity index (χ1n) is 7.47. The highest BCUT2D eigenvalue weighted by Crippen LogP contribution is 2.41. The van der Waals surface area contributed by atoms with Gasteiger partial charge in [0.25, 0.3) is 5.91 Å². The number of aliphatic hydroxyl groups is 1. The molecule has 1 aromatic heterocycles. The molecule has 27 heavy (non-hydrogen) atoms. The van der Waals surface area contributed by atoms with E-state index in [2.05, 4.69) is 15.3 Å². The number of halogens is 6. The van der Waals surface area contributed by atoms with E-state index in [1.807, 2.05) is 0 Å². The topological polar surface area (TPSA) is 75.1 Å². The minimum absolute atomic E-state index is 0.363. The molecular weight excluding hydrogens is 380 g/mol. The Labute approximate surface area is 149 Å². The average molecular weight is 393 g/mol. The van der Waals surface area contributed by atoms with Crippen molar-refractivity contribution in [3.63, 3.8) is 0 Å². The van der Waals surface area contributed by atoms with E-state index in [1.54, 1.807) is 0 Å². The number of rotatable bonds is 5. The van der Waals surface area contributed by atoms with Crippen molar-refractivity contribution < 1.29 is 36.2 Å². The number of nitrogens with zero attached hydrogens (tertiary/aromatic N) is 2. The molecule has 11 heteroatoms. The maximum absolute atomic E-state index is 13.3. The number of benzene rings is 1. The Morgan fingerprint density at radius 1 is 1.00 bits per heavy atom. The third-order valence-corrected chi connectivity index (χ3v) is 3.66. The van der Waals surface area contributed by atoms with E-state index in [-0.39, 0.29) is 5.56 Å². The summed E-state index contributed by atoms with van der Waals surface area (Å²) >= 11 is 0. The van der Waals surface area contributed by atoms with Crippen LogP contribution in [0, 0.1) is 0 Å². The van der Waals surface area contributed by atoms with Crippen LogP contribution in [0.25, 0.3) is 0 Å². The van der Waals surface area contributed by atoms with Gasteiger partial charge in [0.05, 0.1) is 5.56 Å². The molecule has 1 aromatic carbocycles. The molecule has 5 nitrogen and oxygen atoms in total. The average Bonchev–Trinajstić information content (AvgIpc) is 2.60. The van der Waals surface area contributed by atoms with E-state index in [1.165, 1.54) is 18.2 Å². The van der Waals surface area contributed by atoms with Gasteiger partial charge in [-0.2, -0.15) is 26.3 Å². The molecule has 2 aromatic rings. The summed E-state index contributed by atoms with van der Waals surface area (Å²) in [5, 5.41) is 12.2. The van der Waals surface area contributed by atoms with Gasteiger partial charge in [-0.1, -0.05) is 30.3 Å². The Morgan fingerprint density at radius 3 is 2.04 bits per heavy atom. The maximum atomic E-state index is 13.3. The molecule has 0 bridgehead atoms. The van der Waals surface area contributed by atoms with E-state index in [9.17, 15) is 36.2 Å². The summed E-state index contributed by atoms with van der Waals surface area (Å²) in [7, 11) is 0. The van der Waals surface area contributed by atoms with E-state index in [0.29, 0.717) is 12.4 Å². The molecule has 0 spiro atoms. The number of hydrogen-bond acceptors (Lipinski definition) is 4. The molecule has 1 heterocycles. The van der Waals surface area contributed by atoms with Crippen molar-refractivity contribution in [2.75, 3.05) is 6.54 Å². The minimum atomic E-state index is -5.00. The molecule has 1 atom stereocenters. The lowest BCUT2D eigenvalue weighted by atomic mass is 9.89. The van der Waals surface area contributed by atoms with Crippen molar-refractivity contribution >= 4 is 5.91 Å². The summed E-state index contributed by atoms with van der Waals surface area (Å²) in [4.78, 5) is 17.8. The first-order chi connectivity index (χ1) is 12.4. The Bertz CT molecular complexity index is 777. The first-order valence-corrected chi connectivity index (χ1v) is 7.47. The van der Waals surface area contributed by atoms with Gasteiger partial charge >= 0.3 is 12.4 Å². The number of carbonyl (C=O) groups is 1. The van der Waals surface area contributed by atoms with Crippen LogP contribution in [0.4, 0.5) is 26.3 Å². The predicted octanol–water partition coefficient (Wildman–Crippen LogP) is 3.07.